The van der Waals surface area contributed by atoms with Gasteiger partial charge in [-0.3, -0.25) is 0 Å². The van der Waals surface area contributed by atoms with Crippen molar-refractivity contribution in [3.05, 3.63) is 27.7 Å². The van der Waals surface area contributed by atoms with E-state index >= 15 is 0 Å². The van der Waals surface area contributed by atoms with E-state index in [0.29, 0.717) is 0 Å². The highest BCUT2D eigenvalue weighted by Gasteiger charge is 2.17. The Morgan fingerprint density at radius 3 is 2.47 bits per heavy atom. The molecule has 0 heterocycles. The number of rotatable bonds is 5. The lowest BCUT2D eigenvalue weighted by Gasteiger charge is -2.20. The van der Waals surface area contributed by atoms with Crippen LogP contribution in [0.15, 0.2) is 12.1 Å². The standard InChI is InChI=1S/C10H8Cl3NO4S/c11-1-2-14(5-19(17)18)8-4-6(12)3-7(9(8)13)10(15)16/h3-5H,1-2H2,(H,15,16). The molecule has 0 bridgehead atoms. The van der Waals surface area contributed by atoms with Crippen LogP contribution in [0.4, 0.5) is 5.69 Å². The van der Waals surface area contributed by atoms with Crippen molar-refractivity contribution in [3.8, 4) is 0 Å². The van der Waals surface area contributed by atoms with Gasteiger partial charge in [0.2, 0.25) is 10.3 Å². The van der Waals surface area contributed by atoms with E-state index in [4.69, 9.17) is 39.9 Å². The summed E-state index contributed by atoms with van der Waals surface area (Å²) in [6.07, 6.45) is 0. The number of carboxylic acid groups (broad SMARTS) is 1. The van der Waals surface area contributed by atoms with E-state index in [1.807, 2.05) is 0 Å². The Bertz CT molecular complexity index is 622. The molecule has 1 aromatic carbocycles. The maximum atomic E-state index is 11.0. The maximum Gasteiger partial charge on any atom is 0.337 e. The molecule has 0 aliphatic carbocycles. The fourth-order valence-electron chi connectivity index (χ4n) is 1.36. The first-order valence-corrected chi connectivity index (χ1v) is 7.27. The molecule has 0 amide bonds. The summed E-state index contributed by atoms with van der Waals surface area (Å²) in [6.45, 7) is 0.134. The van der Waals surface area contributed by atoms with Gasteiger partial charge < -0.3 is 10.0 Å². The van der Waals surface area contributed by atoms with E-state index in [1.54, 1.807) is 0 Å². The Morgan fingerprint density at radius 2 is 2.00 bits per heavy atom. The van der Waals surface area contributed by atoms with Crippen molar-refractivity contribution in [2.75, 3.05) is 17.3 Å². The van der Waals surface area contributed by atoms with Gasteiger partial charge in [-0.25, -0.2) is 4.79 Å². The first-order chi connectivity index (χ1) is 8.86. The van der Waals surface area contributed by atoms with Crippen LogP contribution in [0, 0.1) is 0 Å². The van der Waals surface area contributed by atoms with Crippen molar-refractivity contribution in [2.45, 2.75) is 0 Å². The summed E-state index contributed by atoms with van der Waals surface area (Å²) in [5.74, 6) is -1.14. The average Bonchev–Trinajstić information content (AvgIpc) is 2.30. The summed E-state index contributed by atoms with van der Waals surface area (Å²) in [5, 5.41) is 9.01. The lowest BCUT2D eigenvalue weighted by molar-refractivity contribution is 0.0697. The maximum absolute atomic E-state index is 11.0. The monoisotopic (exact) mass is 343 g/mol. The Morgan fingerprint density at radius 1 is 1.37 bits per heavy atom. The molecule has 0 unspecified atom stereocenters. The SMILES string of the molecule is O=C(O)c1cc(Cl)cc(N(C=S(=O)=O)CCCl)c1Cl. The first kappa shape index (κ1) is 16.1. The molecule has 0 spiro atoms. The van der Waals surface area contributed by atoms with Crippen molar-refractivity contribution < 1.29 is 18.3 Å². The molecule has 1 rings (SSSR count). The van der Waals surface area contributed by atoms with Gasteiger partial charge >= 0.3 is 5.97 Å². The lowest BCUT2D eigenvalue weighted by Crippen LogP contribution is -2.24. The zero-order valence-electron chi connectivity index (χ0n) is 9.31. The second kappa shape index (κ2) is 7.00. The van der Waals surface area contributed by atoms with Gasteiger partial charge in [0.1, 0.15) is 5.49 Å². The third kappa shape index (κ3) is 4.28. The van der Waals surface area contributed by atoms with E-state index in [-0.39, 0.29) is 33.7 Å². The topological polar surface area (TPSA) is 74.7 Å². The Hall–Kier alpha value is -0.950. The number of benzene rings is 1. The molecule has 104 valence electrons. The largest absolute Gasteiger partial charge is 0.478 e. The third-order valence-corrected chi connectivity index (χ3v) is 3.31. The summed E-state index contributed by atoms with van der Waals surface area (Å²) in [7, 11) is -2.49. The molecular weight excluding hydrogens is 337 g/mol. The van der Waals surface area contributed by atoms with Gasteiger partial charge in [-0.2, -0.15) is 8.42 Å². The summed E-state index contributed by atoms with van der Waals surface area (Å²) >= 11 is 17.3. The second-order valence-electron chi connectivity index (χ2n) is 3.34. The van der Waals surface area contributed by atoms with Crippen LogP contribution < -0.4 is 4.90 Å². The van der Waals surface area contributed by atoms with E-state index < -0.39 is 16.3 Å². The van der Waals surface area contributed by atoms with Crippen LogP contribution in [0.2, 0.25) is 10.0 Å². The smallest absolute Gasteiger partial charge is 0.337 e. The fourth-order valence-corrected chi connectivity index (χ4v) is 2.48. The molecule has 0 aromatic heterocycles. The summed E-state index contributed by atoms with van der Waals surface area (Å²) < 4.78 is 21.5. The van der Waals surface area contributed by atoms with Crippen molar-refractivity contribution >= 4 is 62.2 Å². The molecule has 0 aliphatic rings. The molecule has 0 saturated heterocycles. The van der Waals surface area contributed by atoms with E-state index in [9.17, 15) is 13.2 Å². The zero-order chi connectivity index (χ0) is 14.6. The van der Waals surface area contributed by atoms with Gasteiger partial charge in [-0.15, -0.1) is 11.6 Å². The number of carboxylic acids is 1. The molecule has 5 nitrogen and oxygen atoms in total. The highest BCUT2D eigenvalue weighted by atomic mass is 35.5. The molecule has 0 fully saturated rings. The minimum Gasteiger partial charge on any atom is -0.478 e. The molecule has 0 saturated carbocycles. The quantitative estimate of drug-likeness (QED) is 0.655. The third-order valence-electron chi connectivity index (χ3n) is 2.10. The predicted molar refractivity (Wildman–Crippen MR) is 76.5 cm³/mol. The van der Waals surface area contributed by atoms with Crippen molar-refractivity contribution in [1.29, 1.82) is 0 Å². The minimum atomic E-state index is -2.49. The summed E-state index contributed by atoms with van der Waals surface area (Å²) in [6, 6.07) is 2.55. The molecule has 0 radical (unpaired) electrons. The number of nitrogens with zero attached hydrogens (tertiary/aromatic N) is 1. The summed E-state index contributed by atoms with van der Waals surface area (Å²) in [5.41, 5.74) is 0.802. The minimum absolute atomic E-state index is 0.108. The van der Waals surface area contributed by atoms with Crippen LogP contribution in [-0.2, 0) is 10.3 Å². The Balaban J connectivity index is 3.46. The van der Waals surface area contributed by atoms with Crippen molar-refractivity contribution in [2.24, 2.45) is 0 Å². The van der Waals surface area contributed by atoms with Gasteiger partial charge in [0, 0.05) is 17.4 Å². The Labute approximate surface area is 125 Å². The average molecular weight is 345 g/mol. The van der Waals surface area contributed by atoms with Crippen LogP contribution >= 0.6 is 34.8 Å². The number of carbonyl (C=O) groups is 1. The van der Waals surface area contributed by atoms with Crippen LogP contribution in [0.1, 0.15) is 10.4 Å². The molecule has 9 heteroatoms. The van der Waals surface area contributed by atoms with Crippen LogP contribution in [0.3, 0.4) is 0 Å². The van der Waals surface area contributed by atoms with Crippen LogP contribution in [-0.4, -0.2) is 37.4 Å². The number of anilines is 1. The van der Waals surface area contributed by atoms with Crippen LogP contribution in [0.25, 0.3) is 0 Å². The number of hydrogen-bond acceptors (Lipinski definition) is 3. The van der Waals surface area contributed by atoms with E-state index in [0.717, 1.165) is 5.49 Å². The van der Waals surface area contributed by atoms with E-state index in [2.05, 4.69) is 0 Å². The lowest BCUT2D eigenvalue weighted by atomic mass is 10.2. The first-order valence-electron chi connectivity index (χ1n) is 4.84. The zero-order valence-corrected chi connectivity index (χ0v) is 12.4. The molecule has 0 atom stereocenters. The number of alkyl halides is 1. The molecular formula is C10H8Cl3NO4S. The summed E-state index contributed by atoms with van der Waals surface area (Å²) in [4.78, 5) is 12.2. The van der Waals surface area contributed by atoms with Gasteiger partial charge in [0.05, 0.1) is 16.3 Å². The fraction of sp³-hybridized carbons (Fsp3) is 0.200. The van der Waals surface area contributed by atoms with E-state index in [1.165, 1.54) is 17.0 Å². The molecule has 19 heavy (non-hydrogen) atoms. The highest BCUT2D eigenvalue weighted by molar-refractivity contribution is 7.71. The Kier molecular flexibility index (Phi) is 5.93. The normalized spacial score (nSPS) is 10.1. The predicted octanol–water partition coefficient (Wildman–Crippen LogP) is 2.38. The second-order valence-corrected chi connectivity index (χ2v) is 5.26. The molecule has 0 aliphatic heterocycles. The number of aromatic carboxylic acids is 1. The van der Waals surface area contributed by atoms with Gasteiger partial charge in [-0.1, -0.05) is 23.2 Å². The molecule has 1 aromatic rings. The van der Waals surface area contributed by atoms with Gasteiger partial charge in [0.25, 0.3) is 0 Å². The van der Waals surface area contributed by atoms with Gasteiger partial charge in [0.15, 0.2) is 0 Å². The van der Waals surface area contributed by atoms with Crippen LogP contribution in [0.5, 0.6) is 0 Å². The molecule has 1 N–H and O–H groups in total. The number of halogens is 3. The highest BCUT2D eigenvalue weighted by Crippen LogP contribution is 2.32. The van der Waals surface area contributed by atoms with Crippen molar-refractivity contribution in [3.63, 3.8) is 0 Å². The van der Waals surface area contributed by atoms with Crippen molar-refractivity contribution in [1.82, 2.24) is 0 Å². The van der Waals surface area contributed by atoms with Gasteiger partial charge in [-0.05, 0) is 12.1 Å². The number of hydrogen-bond donors (Lipinski definition) is 1.